The minimum Gasteiger partial charge on any atom is -0.379 e. The zero-order valence-corrected chi connectivity index (χ0v) is 10.00. The standard InChI is InChI=1S/C12H15ClO3/c1-2-15-7-8-16-9-12(14)10-5-3-4-6-11(10)13/h3-6H,2,7-9H2,1H3. The van der Waals surface area contributed by atoms with E-state index in [-0.39, 0.29) is 12.4 Å². The van der Waals surface area contributed by atoms with Crippen molar-refractivity contribution in [1.82, 2.24) is 0 Å². The summed E-state index contributed by atoms with van der Waals surface area (Å²) >= 11 is 5.88. The van der Waals surface area contributed by atoms with Crippen LogP contribution in [-0.2, 0) is 9.47 Å². The molecule has 0 heterocycles. The van der Waals surface area contributed by atoms with Crippen LogP contribution in [0.4, 0.5) is 0 Å². The van der Waals surface area contributed by atoms with E-state index in [1.807, 2.05) is 6.92 Å². The molecule has 0 amide bonds. The molecule has 1 rings (SSSR count). The number of benzene rings is 1. The molecule has 0 saturated heterocycles. The number of carbonyl (C=O) groups is 1. The van der Waals surface area contributed by atoms with Crippen LogP contribution < -0.4 is 0 Å². The van der Waals surface area contributed by atoms with Gasteiger partial charge in [0.1, 0.15) is 6.61 Å². The summed E-state index contributed by atoms with van der Waals surface area (Å²) in [6, 6.07) is 6.94. The average molecular weight is 243 g/mol. The second kappa shape index (κ2) is 7.39. The first-order chi connectivity index (χ1) is 7.75. The normalized spacial score (nSPS) is 10.4. The summed E-state index contributed by atoms with van der Waals surface area (Å²) in [6.07, 6.45) is 0. The predicted molar refractivity (Wildman–Crippen MR) is 63.1 cm³/mol. The number of halogens is 1. The molecule has 1 aromatic carbocycles. The monoisotopic (exact) mass is 242 g/mol. The van der Waals surface area contributed by atoms with E-state index in [0.29, 0.717) is 30.4 Å². The van der Waals surface area contributed by atoms with Gasteiger partial charge in [0.25, 0.3) is 0 Å². The van der Waals surface area contributed by atoms with E-state index >= 15 is 0 Å². The third kappa shape index (κ3) is 4.31. The van der Waals surface area contributed by atoms with E-state index in [0.717, 1.165) is 0 Å². The van der Waals surface area contributed by atoms with Crippen molar-refractivity contribution in [2.45, 2.75) is 6.92 Å². The van der Waals surface area contributed by atoms with E-state index in [2.05, 4.69) is 0 Å². The van der Waals surface area contributed by atoms with Crippen molar-refractivity contribution in [3.8, 4) is 0 Å². The van der Waals surface area contributed by atoms with Gasteiger partial charge in [0, 0.05) is 12.2 Å². The first-order valence-electron chi connectivity index (χ1n) is 5.19. The Morgan fingerprint density at radius 3 is 2.62 bits per heavy atom. The molecule has 0 aliphatic heterocycles. The second-order valence-corrected chi connectivity index (χ2v) is 3.56. The van der Waals surface area contributed by atoms with Crippen LogP contribution in [0.15, 0.2) is 24.3 Å². The minimum absolute atomic E-state index is 0.0385. The summed E-state index contributed by atoms with van der Waals surface area (Å²) in [7, 11) is 0. The third-order valence-corrected chi connectivity index (χ3v) is 2.31. The quantitative estimate of drug-likeness (QED) is 0.545. The van der Waals surface area contributed by atoms with Gasteiger partial charge in [0.05, 0.1) is 18.2 Å². The van der Waals surface area contributed by atoms with Crippen molar-refractivity contribution in [2.75, 3.05) is 26.4 Å². The topological polar surface area (TPSA) is 35.5 Å². The number of hydrogen-bond donors (Lipinski definition) is 0. The van der Waals surface area contributed by atoms with Crippen LogP contribution in [0.5, 0.6) is 0 Å². The summed E-state index contributed by atoms with van der Waals surface area (Å²) < 4.78 is 10.3. The molecule has 1 aromatic rings. The Kier molecular flexibility index (Phi) is 6.08. The molecule has 0 N–H and O–H groups in total. The van der Waals surface area contributed by atoms with Crippen LogP contribution >= 0.6 is 11.6 Å². The maximum atomic E-state index is 11.6. The molecule has 88 valence electrons. The average Bonchev–Trinajstić information content (AvgIpc) is 2.29. The summed E-state index contributed by atoms with van der Waals surface area (Å²) in [5.41, 5.74) is 0.501. The van der Waals surface area contributed by atoms with Crippen LogP contribution in [0, 0.1) is 0 Å². The van der Waals surface area contributed by atoms with Gasteiger partial charge in [-0.2, -0.15) is 0 Å². The Labute approximate surface area is 100 Å². The zero-order chi connectivity index (χ0) is 11.8. The molecule has 0 bridgehead atoms. The molecule has 0 aliphatic rings. The highest BCUT2D eigenvalue weighted by molar-refractivity contribution is 6.34. The second-order valence-electron chi connectivity index (χ2n) is 3.15. The van der Waals surface area contributed by atoms with Crippen molar-refractivity contribution in [2.24, 2.45) is 0 Å². The fourth-order valence-corrected chi connectivity index (χ4v) is 1.43. The summed E-state index contributed by atoms with van der Waals surface area (Å²) in [6.45, 7) is 3.53. The third-order valence-electron chi connectivity index (χ3n) is 1.98. The van der Waals surface area contributed by atoms with Crippen LogP contribution in [0.25, 0.3) is 0 Å². The van der Waals surface area contributed by atoms with Gasteiger partial charge in [-0.3, -0.25) is 4.79 Å². The van der Waals surface area contributed by atoms with E-state index in [1.54, 1.807) is 24.3 Å². The molecular weight excluding hydrogens is 228 g/mol. The Hall–Kier alpha value is -0.900. The zero-order valence-electron chi connectivity index (χ0n) is 9.24. The first kappa shape index (κ1) is 13.2. The highest BCUT2D eigenvalue weighted by Gasteiger charge is 2.09. The molecule has 0 saturated carbocycles. The smallest absolute Gasteiger partial charge is 0.189 e. The molecule has 0 unspecified atom stereocenters. The maximum Gasteiger partial charge on any atom is 0.189 e. The van der Waals surface area contributed by atoms with Crippen molar-refractivity contribution >= 4 is 17.4 Å². The van der Waals surface area contributed by atoms with Gasteiger partial charge in [-0.15, -0.1) is 0 Å². The fraction of sp³-hybridized carbons (Fsp3) is 0.417. The van der Waals surface area contributed by atoms with E-state index in [1.165, 1.54) is 0 Å². The highest BCUT2D eigenvalue weighted by Crippen LogP contribution is 2.15. The van der Waals surface area contributed by atoms with E-state index in [9.17, 15) is 4.79 Å². The van der Waals surface area contributed by atoms with Crippen LogP contribution in [0.2, 0.25) is 5.02 Å². The van der Waals surface area contributed by atoms with Gasteiger partial charge in [-0.25, -0.2) is 0 Å². The number of ketones is 1. The molecule has 0 aromatic heterocycles. The number of hydrogen-bond acceptors (Lipinski definition) is 3. The van der Waals surface area contributed by atoms with Crippen molar-refractivity contribution in [1.29, 1.82) is 0 Å². The lowest BCUT2D eigenvalue weighted by Gasteiger charge is -2.05. The van der Waals surface area contributed by atoms with Gasteiger partial charge >= 0.3 is 0 Å². The molecule has 0 spiro atoms. The first-order valence-corrected chi connectivity index (χ1v) is 5.56. The fourth-order valence-electron chi connectivity index (χ4n) is 1.19. The van der Waals surface area contributed by atoms with Gasteiger partial charge < -0.3 is 9.47 Å². The molecule has 0 aliphatic carbocycles. The Balaban J connectivity index is 2.33. The SMILES string of the molecule is CCOCCOCC(=O)c1ccccc1Cl. The number of Topliss-reactive ketones (excluding diaryl/α,β-unsaturated/α-hetero) is 1. The molecule has 3 nitrogen and oxygen atoms in total. The molecular formula is C12H15ClO3. The Morgan fingerprint density at radius 2 is 1.94 bits per heavy atom. The van der Waals surface area contributed by atoms with E-state index in [4.69, 9.17) is 21.1 Å². The van der Waals surface area contributed by atoms with Gasteiger partial charge in [0.2, 0.25) is 0 Å². The molecule has 0 atom stereocenters. The van der Waals surface area contributed by atoms with Crippen LogP contribution in [0.1, 0.15) is 17.3 Å². The minimum atomic E-state index is -0.109. The van der Waals surface area contributed by atoms with Crippen molar-refractivity contribution in [3.63, 3.8) is 0 Å². The lowest BCUT2D eigenvalue weighted by Crippen LogP contribution is -2.12. The van der Waals surface area contributed by atoms with Gasteiger partial charge in [-0.05, 0) is 19.1 Å². The predicted octanol–water partition coefficient (Wildman–Crippen LogP) is 2.58. The molecule has 16 heavy (non-hydrogen) atoms. The summed E-state index contributed by atoms with van der Waals surface area (Å²) in [5.74, 6) is -0.109. The van der Waals surface area contributed by atoms with Crippen molar-refractivity contribution < 1.29 is 14.3 Å². The largest absolute Gasteiger partial charge is 0.379 e. The molecule has 4 heteroatoms. The Morgan fingerprint density at radius 1 is 1.25 bits per heavy atom. The van der Waals surface area contributed by atoms with Crippen LogP contribution in [-0.4, -0.2) is 32.2 Å². The van der Waals surface area contributed by atoms with Crippen molar-refractivity contribution in [3.05, 3.63) is 34.9 Å². The van der Waals surface area contributed by atoms with E-state index < -0.39 is 0 Å². The molecule has 0 radical (unpaired) electrons. The lowest BCUT2D eigenvalue weighted by molar-refractivity contribution is 0.0475. The number of carbonyl (C=O) groups excluding carboxylic acids is 1. The Bertz CT molecular complexity index is 339. The van der Waals surface area contributed by atoms with Crippen LogP contribution in [0.3, 0.4) is 0 Å². The summed E-state index contributed by atoms with van der Waals surface area (Å²) in [5, 5.41) is 0.459. The molecule has 0 fully saturated rings. The maximum absolute atomic E-state index is 11.6. The van der Waals surface area contributed by atoms with Gasteiger partial charge in [0.15, 0.2) is 5.78 Å². The summed E-state index contributed by atoms with van der Waals surface area (Å²) in [4.78, 5) is 11.6. The highest BCUT2D eigenvalue weighted by atomic mass is 35.5. The lowest BCUT2D eigenvalue weighted by atomic mass is 10.1. The number of ether oxygens (including phenoxy) is 2. The van der Waals surface area contributed by atoms with Gasteiger partial charge in [-0.1, -0.05) is 23.7 Å². The number of rotatable bonds is 7.